The van der Waals surface area contributed by atoms with Crippen LogP contribution in [0.15, 0.2) is 48.8 Å². The summed E-state index contributed by atoms with van der Waals surface area (Å²) in [5, 5.41) is 12.9. The minimum atomic E-state index is -0.326. The van der Waals surface area contributed by atoms with Crippen LogP contribution >= 0.6 is 0 Å². The number of carbonyl (C=O) groups is 1. The highest BCUT2D eigenvalue weighted by atomic mass is 19.1. The first-order valence-electron chi connectivity index (χ1n) is 8.06. The molecule has 0 fully saturated rings. The standard InChI is InChI=1S/C19H16FN3O3/c1-26-16-7-2-11(8-15(16)24)14-9-17(25)22-19-18(14)23(10-21-19)13-5-3-12(20)4-6-13/h2-8,10,14,24H,9H2,1H3,(H,22,25)/t14-/m1/s1. The molecule has 1 amide bonds. The van der Waals surface area contributed by atoms with E-state index in [1.54, 1.807) is 30.6 Å². The number of amides is 1. The average Bonchev–Trinajstić information content (AvgIpc) is 3.05. The van der Waals surface area contributed by atoms with Crippen molar-refractivity contribution in [2.75, 3.05) is 12.4 Å². The number of methoxy groups -OCH3 is 1. The van der Waals surface area contributed by atoms with Gasteiger partial charge in [-0.2, -0.15) is 0 Å². The van der Waals surface area contributed by atoms with Crippen LogP contribution in [0, 0.1) is 5.82 Å². The van der Waals surface area contributed by atoms with Crippen molar-refractivity contribution in [2.45, 2.75) is 12.3 Å². The minimum Gasteiger partial charge on any atom is -0.504 e. The Hall–Kier alpha value is -3.35. The van der Waals surface area contributed by atoms with Gasteiger partial charge in [0.15, 0.2) is 17.3 Å². The summed E-state index contributed by atoms with van der Waals surface area (Å²) in [6.45, 7) is 0. The van der Waals surface area contributed by atoms with Crippen LogP contribution in [-0.4, -0.2) is 27.7 Å². The number of phenolic OH excluding ortho intramolecular Hbond substituents is 1. The van der Waals surface area contributed by atoms with Crippen molar-refractivity contribution in [2.24, 2.45) is 0 Å². The van der Waals surface area contributed by atoms with Crippen molar-refractivity contribution >= 4 is 11.7 Å². The SMILES string of the molecule is COc1ccc([C@H]2CC(=O)Nc3ncn(-c4ccc(F)cc4)c32)cc1O. The Bertz CT molecular complexity index is 982. The van der Waals surface area contributed by atoms with Gasteiger partial charge in [0.2, 0.25) is 5.91 Å². The molecule has 0 unspecified atom stereocenters. The number of phenols is 1. The van der Waals surface area contributed by atoms with Crippen molar-refractivity contribution in [1.82, 2.24) is 9.55 Å². The predicted octanol–water partition coefficient (Wildman–Crippen LogP) is 3.20. The van der Waals surface area contributed by atoms with E-state index in [2.05, 4.69) is 10.3 Å². The zero-order valence-electron chi connectivity index (χ0n) is 13.9. The second-order valence-corrected chi connectivity index (χ2v) is 6.06. The molecule has 4 rings (SSSR count). The predicted molar refractivity (Wildman–Crippen MR) is 93.3 cm³/mol. The highest BCUT2D eigenvalue weighted by Crippen LogP contribution is 2.40. The number of benzene rings is 2. The molecule has 2 aromatic carbocycles. The van der Waals surface area contributed by atoms with E-state index in [0.717, 1.165) is 16.9 Å². The number of aromatic nitrogens is 2. The van der Waals surface area contributed by atoms with Gasteiger partial charge in [-0.05, 0) is 42.0 Å². The topological polar surface area (TPSA) is 76.4 Å². The highest BCUT2D eigenvalue weighted by Gasteiger charge is 2.31. The van der Waals surface area contributed by atoms with Gasteiger partial charge < -0.3 is 19.7 Å². The molecule has 132 valence electrons. The smallest absolute Gasteiger partial charge is 0.226 e. The van der Waals surface area contributed by atoms with Crippen molar-refractivity contribution < 1.29 is 19.0 Å². The molecule has 0 saturated carbocycles. The molecule has 0 radical (unpaired) electrons. The highest BCUT2D eigenvalue weighted by molar-refractivity contribution is 5.94. The van der Waals surface area contributed by atoms with Gasteiger partial charge in [-0.15, -0.1) is 0 Å². The number of carbonyl (C=O) groups excluding carboxylic acids is 1. The van der Waals surface area contributed by atoms with Gasteiger partial charge in [0, 0.05) is 18.0 Å². The molecule has 0 aliphatic carbocycles. The maximum absolute atomic E-state index is 13.3. The molecular weight excluding hydrogens is 337 g/mol. The Labute approximate surface area is 148 Å². The summed E-state index contributed by atoms with van der Waals surface area (Å²) in [5.41, 5.74) is 2.28. The molecule has 1 atom stereocenters. The third-order valence-electron chi connectivity index (χ3n) is 4.49. The molecule has 2 heterocycles. The van der Waals surface area contributed by atoms with Gasteiger partial charge >= 0.3 is 0 Å². The molecule has 1 aliphatic rings. The molecule has 6 nitrogen and oxygen atoms in total. The summed E-state index contributed by atoms with van der Waals surface area (Å²) >= 11 is 0. The van der Waals surface area contributed by atoms with Crippen LogP contribution in [-0.2, 0) is 4.79 Å². The number of nitrogens with one attached hydrogen (secondary N) is 1. The zero-order valence-corrected chi connectivity index (χ0v) is 13.9. The fraction of sp³-hybridized carbons (Fsp3) is 0.158. The van der Waals surface area contributed by atoms with E-state index in [1.165, 1.54) is 19.2 Å². The lowest BCUT2D eigenvalue weighted by molar-refractivity contribution is -0.116. The van der Waals surface area contributed by atoms with E-state index >= 15 is 0 Å². The molecule has 7 heteroatoms. The number of anilines is 1. The third-order valence-corrected chi connectivity index (χ3v) is 4.49. The van der Waals surface area contributed by atoms with Gasteiger partial charge in [-0.3, -0.25) is 4.79 Å². The van der Waals surface area contributed by atoms with E-state index in [4.69, 9.17) is 4.74 Å². The van der Waals surface area contributed by atoms with Crippen molar-refractivity contribution in [1.29, 1.82) is 0 Å². The lowest BCUT2D eigenvalue weighted by atomic mass is 9.89. The van der Waals surface area contributed by atoms with Crippen LogP contribution in [0.25, 0.3) is 5.69 Å². The summed E-state index contributed by atoms with van der Waals surface area (Å²) in [5.74, 6) is 0.0514. The van der Waals surface area contributed by atoms with Crippen molar-refractivity contribution in [3.63, 3.8) is 0 Å². The summed E-state index contributed by atoms with van der Waals surface area (Å²) < 4.78 is 20.2. The third kappa shape index (κ3) is 2.67. The maximum atomic E-state index is 13.3. The normalized spacial score (nSPS) is 16.1. The Morgan fingerprint density at radius 3 is 2.73 bits per heavy atom. The molecule has 1 aliphatic heterocycles. The number of halogens is 1. The Morgan fingerprint density at radius 1 is 1.27 bits per heavy atom. The van der Waals surface area contributed by atoms with E-state index in [-0.39, 0.29) is 29.8 Å². The lowest BCUT2D eigenvalue weighted by Crippen LogP contribution is -2.25. The maximum Gasteiger partial charge on any atom is 0.226 e. The number of imidazole rings is 1. The molecule has 3 aromatic rings. The van der Waals surface area contributed by atoms with Crippen molar-refractivity contribution in [3.8, 4) is 17.2 Å². The van der Waals surface area contributed by atoms with E-state index in [1.807, 2.05) is 10.6 Å². The number of fused-ring (bicyclic) bond motifs is 1. The Kier molecular flexibility index (Phi) is 3.84. The molecular formula is C19H16FN3O3. The minimum absolute atomic E-state index is 0.00498. The number of aromatic hydroxyl groups is 1. The Morgan fingerprint density at radius 2 is 2.04 bits per heavy atom. The number of hydrogen-bond acceptors (Lipinski definition) is 4. The summed E-state index contributed by atoms with van der Waals surface area (Å²) in [7, 11) is 1.48. The van der Waals surface area contributed by atoms with Crippen molar-refractivity contribution in [3.05, 3.63) is 65.9 Å². The number of nitrogens with zero attached hydrogens (tertiary/aromatic N) is 2. The number of rotatable bonds is 3. The molecule has 0 spiro atoms. The van der Waals surface area contributed by atoms with Gasteiger partial charge in [0.25, 0.3) is 0 Å². The van der Waals surface area contributed by atoms with Gasteiger partial charge in [-0.25, -0.2) is 9.37 Å². The van der Waals surface area contributed by atoms with E-state index in [9.17, 15) is 14.3 Å². The summed E-state index contributed by atoms with van der Waals surface area (Å²) in [6.07, 6.45) is 1.81. The first-order valence-corrected chi connectivity index (χ1v) is 8.06. The van der Waals surface area contributed by atoms with E-state index < -0.39 is 0 Å². The molecule has 2 N–H and O–H groups in total. The van der Waals surface area contributed by atoms with Crippen LogP contribution in [0.5, 0.6) is 11.5 Å². The second kappa shape index (κ2) is 6.18. The van der Waals surface area contributed by atoms with Crippen LogP contribution in [0.4, 0.5) is 10.2 Å². The first-order chi connectivity index (χ1) is 12.6. The first kappa shape index (κ1) is 16.1. The van der Waals surface area contributed by atoms with E-state index in [0.29, 0.717) is 11.6 Å². The largest absolute Gasteiger partial charge is 0.504 e. The van der Waals surface area contributed by atoms with Crippen LogP contribution in [0.3, 0.4) is 0 Å². The molecule has 0 bridgehead atoms. The van der Waals surface area contributed by atoms with Gasteiger partial charge in [0.1, 0.15) is 12.1 Å². The summed E-state index contributed by atoms with van der Waals surface area (Å²) in [6, 6.07) is 11.1. The quantitative estimate of drug-likeness (QED) is 0.758. The monoisotopic (exact) mass is 353 g/mol. The average molecular weight is 353 g/mol. The molecule has 26 heavy (non-hydrogen) atoms. The van der Waals surface area contributed by atoms with Crippen LogP contribution in [0.1, 0.15) is 23.6 Å². The molecule has 1 aromatic heterocycles. The second-order valence-electron chi connectivity index (χ2n) is 6.06. The Balaban J connectivity index is 1.84. The number of hydrogen-bond donors (Lipinski definition) is 2. The van der Waals surface area contributed by atoms with Crippen LogP contribution in [0.2, 0.25) is 0 Å². The lowest BCUT2D eigenvalue weighted by Gasteiger charge is -2.25. The van der Waals surface area contributed by atoms with Gasteiger partial charge in [0.05, 0.1) is 12.8 Å². The van der Waals surface area contributed by atoms with Gasteiger partial charge in [-0.1, -0.05) is 6.07 Å². The fourth-order valence-corrected chi connectivity index (χ4v) is 3.26. The fourth-order valence-electron chi connectivity index (χ4n) is 3.26. The summed E-state index contributed by atoms with van der Waals surface area (Å²) in [4.78, 5) is 16.4. The molecule has 0 saturated heterocycles. The zero-order chi connectivity index (χ0) is 18.3. The van der Waals surface area contributed by atoms with Crippen LogP contribution < -0.4 is 10.1 Å². The number of ether oxygens (including phenoxy) is 1.